The quantitative estimate of drug-likeness (QED) is 0.845. The van der Waals surface area contributed by atoms with Crippen LogP contribution in [0.3, 0.4) is 0 Å². The van der Waals surface area contributed by atoms with Crippen molar-refractivity contribution in [3.63, 3.8) is 0 Å². The zero-order chi connectivity index (χ0) is 15.6. The van der Waals surface area contributed by atoms with Crippen LogP contribution in [0.15, 0.2) is 0 Å². The molecule has 1 N–H and O–H groups in total. The second-order valence-electron chi connectivity index (χ2n) is 6.63. The fourth-order valence-electron chi connectivity index (χ4n) is 3.50. The fourth-order valence-corrected chi connectivity index (χ4v) is 3.50. The summed E-state index contributed by atoms with van der Waals surface area (Å²) >= 11 is 0. The van der Waals surface area contributed by atoms with Crippen LogP contribution in [0.25, 0.3) is 0 Å². The molecule has 1 saturated heterocycles. The van der Waals surface area contributed by atoms with Gasteiger partial charge in [-0.1, -0.05) is 26.7 Å². The number of carbonyl (C=O) groups excluding carboxylic acids is 1. The number of hydrogen-bond acceptors (Lipinski definition) is 2. The summed E-state index contributed by atoms with van der Waals surface area (Å²) in [6.07, 6.45) is -0.612. The first-order chi connectivity index (χ1) is 9.79. The van der Waals surface area contributed by atoms with Crippen molar-refractivity contribution in [2.45, 2.75) is 70.8 Å². The molecule has 0 aromatic carbocycles. The van der Waals surface area contributed by atoms with Gasteiger partial charge in [0.25, 0.3) is 0 Å². The topological polar surface area (TPSA) is 32.3 Å². The molecule has 3 nitrogen and oxygen atoms in total. The van der Waals surface area contributed by atoms with Gasteiger partial charge in [0.15, 0.2) is 0 Å². The molecule has 2 atom stereocenters. The maximum absolute atomic E-state index is 12.5. The maximum atomic E-state index is 12.5. The molecular weight excluding hydrogens is 281 g/mol. The first-order valence-electron chi connectivity index (χ1n) is 7.93. The number of halogens is 3. The smallest absolute Gasteiger partial charge is 0.325 e. The minimum Gasteiger partial charge on any atom is -0.325 e. The van der Waals surface area contributed by atoms with Crippen molar-refractivity contribution < 1.29 is 18.0 Å². The highest BCUT2D eigenvalue weighted by Gasteiger charge is 2.44. The molecule has 2 unspecified atom stereocenters. The molecule has 2 aliphatic rings. The number of nitrogens with one attached hydrogen (secondary N) is 1. The van der Waals surface area contributed by atoms with Crippen molar-refractivity contribution in [2.75, 3.05) is 6.54 Å². The summed E-state index contributed by atoms with van der Waals surface area (Å²) in [5.74, 6) is 0.529. The number of alkyl halides is 3. The molecule has 6 heteroatoms. The van der Waals surface area contributed by atoms with Gasteiger partial charge in [-0.2, -0.15) is 13.2 Å². The Morgan fingerprint density at radius 3 is 2.43 bits per heavy atom. The van der Waals surface area contributed by atoms with Gasteiger partial charge < -0.3 is 4.90 Å². The van der Waals surface area contributed by atoms with E-state index < -0.39 is 12.6 Å². The second-order valence-corrected chi connectivity index (χ2v) is 6.63. The van der Waals surface area contributed by atoms with Gasteiger partial charge in [0, 0.05) is 13.0 Å². The maximum Gasteiger partial charge on any atom is 0.389 e. The largest absolute Gasteiger partial charge is 0.389 e. The summed E-state index contributed by atoms with van der Waals surface area (Å²) < 4.78 is 36.9. The van der Waals surface area contributed by atoms with Gasteiger partial charge in [0.1, 0.15) is 0 Å². The standard InChI is InChI=1S/C15H25F3N2O/c1-10(2)12-14(21)20(9-5-8-15(16,17)18)13(19-12)11-6-3-4-7-11/h10-13,19H,3-9H2,1-2H3. The Bertz CT molecular complexity index is 364. The van der Waals surface area contributed by atoms with Crippen molar-refractivity contribution >= 4 is 5.91 Å². The minimum atomic E-state index is -4.14. The molecule has 0 bridgehead atoms. The van der Waals surface area contributed by atoms with Crippen LogP contribution in [0.4, 0.5) is 13.2 Å². The van der Waals surface area contributed by atoms with E-state index in [1.807, 2.05) is 13.8 Å². The lowest BCUT2D eigenvalue weighted by atomic mass is 10.0. The van der Waals surface area contributed by atoms with Crippen molar-refractivity contribution in [1.29, 1.82) is 0 Å². The van der Waals surface area contributed by atoms with Crippen LogP contribution in [-0.4, -0.2) is 35.7 Å². The predicted molar refractivity (Wildman–Crippen MR) is 74.5 cm³/mol. The second kappa shape index (κ2) is 6.55. The number of amides is 1. The van der Waals surface area contributed by atoms with Crippen LogP contribution in [0.2, 0.25) is 0 Å². The summed E-state index contributed by atoms with van der Waals surface area (Å²) in [6, 6.07) is -0.249. The summed E-state index contributed by atoms with van der Waals surface area (Å²) in [7, 11) is 0. The van der Waals surface area contributed by atoms with Gasteiger partial charge in [0.05, 0.1) is 12.2 Å². The minimum absolute atomic E-state index is 0.00897. The Kier molecular flexibility index (Phi) is 5.17. The lowest BCUT2D eigenvalue weighted by Gasteiger charge is -2.29. The average Bonchev–Trinajstić information content (AvgIpc) is 2.96. The third kappa shape index (κ3) is 4.11. The van der Waals surface area contributed by atoms with E-state index in [0.717, 1.165) is 25.7 Å². The van der Waals surface area contributed by atoms with Crippen LogP contribution in [0.5, 0.6) is 0 Å². The van der Waals surface area contributed by atoms with E-state index in [1.165, 1.54) is 0 Å². The van der Waals surface area contributed by atoms with Gasteiger partial charge in [-0.3, -0.25) is 10.1 Å². The molecule has 1 amide bonds. The summed E-state index contributed by atoms with van der Waals surface area (Å²) in [5, 5.41) is 3.37. The van der Waals surface area contributed by atoms with E-state index in [1.54, 1.807) is 4.90 Å². The summed E-state index contributed by atoms with van der Waals surface area (Å²) in [6.45, 7) is 4.15. The van der Waals surface area contributed by atoms with E-state index in [2.05, 4.69) is 5.32 Å². The summed E-state index contributed by atoms with van der Waals surface area (Å²) in [4.78, 5) is 14.1. The van der Waals surface area contributed by atoms with E-state index in [0.29, 0.717) is 5.92 Å². The Morgan fingerprint density at radius 1 is 1.29 bits per heavy atom. The van der Waals surface area contributed by atoms with Crippen LogP contribution in [-0.2, 0) is 4.79 Å². The van der Waals surface area contributed by atoms with E-state index >= 15 is 0 Å². The lowest BCUT2D eigenvalue weighted by molar-refractivity contribution is -0.140. The molecule has 0 aromatic rings. The van der Waals surface area contributed by atoms with E-state index in [4.69, 9.17) is 0 Å². The van der Waals surface area contributed by atoms with Crippen LogP contribution >= 0.6 is 0 Å². The Hall–Kier alpha value is -0.780. The first kappa shape index (κ1) is 16.6. The molecule has 0 aromatic heterocycles. The van der Waals surface area contributed by atoms with Gasteiger partial charge in [-0.15, -0.1) is 0 Å². The van der Waals surface area contributed by atoms with Gasteiger partial charge in [0.2, 0.25) is 5.91 Å². The molecule has 1 heterocycles. The SMILES string of the molecule is CC(C)C1NC(C2CCCC2)N(CCCC(F)(F)F)C1=O. The van der Waals surface area contributed by atoms with E-state index in [-0.39, 0.29) is 37.0 Å². The fraction of sp³-hybridized carbons (Fsp3) is 0.933. The van der Waals surface area contributed by atoms with Gasteiger partial charge >= 0.3 is 6.18 Å². The van der Waals surface area contributed by atoms with Gasteiger partial charge in [-0.05, 0) is 31.1 Å². The predicted octanol–water partition coefficient (Wildman–Crippen LogP) is 3.30. The Labute approximate surface area is 124 Å². The normalized spacial score (nSPS) is 28.1. The van der Waals surface area contributed by atoms with Gasteiger partial charge in [-0.25, -0.2) is 0 Å². The molecule has 21 heavy (non-hydrogen) atoms. The molecule has 1 saturated carbocycles. The van der Waals surface area contributed by atoms with Crippen molar-refractivity contribution in [3.05, 3.63) is 0 Å². The number of nitrogens with zero attached hydrogens (tertiary/aromatic N) is 1. The molecule has 0 spiro atoms. The monoisotopic (exact) mass is 306 g/mol. The lowest BCUT2D eigenvalue weighted by Crippen LogP contribution is -2.43. The molecule has 1 aliphatic carbocycles. The number of hydrogen-bond donors (Lipinski definition) is 1. The molecule has 122 valence electrons. The molecule has 0 radical (unpaired) electrons. The number of carbonyl (C=O) groups is 1. The summed E-state index contributed by atoms with van der Waals surface area (Å²) in [5.41, 5.74) is 0. The zero-order valence-corrected chi connectivity index (χ0v) is 12.7. The molecule has 2 rings (SSSR count). The van der Waals surface area contributed by atoms with Crippen molar-refractivity contribution in [1.82, 2.24) is 10.2 Å². The highest BCUT2D eigenvalue weighted by atomic mass is 19.4. The molecule has 1 aliphatic heterocycles. The molecular formula is C15H25F3N2O. The highest BCUT2D eigenvalue weighted by molar-refractivity contribution is 5.84. The molecule has 2 fully saturated rings. The van der Waals surface area contributed by atoms with Crippen molar-refractivity contribution in [3.8, 4) is 0 Å². The van der Waals surface area contributed by atoms with Crippen molar-refractivity contribution in [2.24, 2.45) is 11.8 Å². The van der Waals surface area contributed by atoms with Crippen LogP contribution in [0, 0.1) is 11.8 Å². The third-order valence-electron chi connectivity index (χ3n) is 4.61. The number of rotatable bonds is 5. The Balaban J connectivity index is 2.00. The zero-order valence-electron chi connectivity index (χ0n) is 12.7. The Morgan fingerprint density at radius 2 is 1.90 bits per heavy atom. The average molecular weight is 306 g/mol. The first-order valence-corrected chi connectivity index (χ1v) is 7.93. The third-order valence-corrected chi connectivity index (χ3v) is 4.61. The van der Waals surface area contributed by atoms with E-state index in [9.17, 15) is 18.0 Å². The van der Waals surface area contributed by atoms with Crippen LogP contribution in [0.1, 0.15) is 52.4 Å². The highest BCUT2D eigenvalue weighted by Crippen LogP contribution is 2.33. The van der Waals surface area contributed by atoms with Crippen LogP contribution < -0.4 is 5.32 Å².